The third-order valence-corrected chi connectivity index (χ3v) is 3.41. The van der Waals surface area contributed by atoms with Gasteiger partial charge in [-0.2, -0.15) is 0 Å². The van der Waals surface area contributed by atoms with Gasteiger partial charge in [-0.05, 0) is 50.2 Å². The Bertz CT molecular complexity index is 406. The molecule has 1 fully saturated rings. The zero-order valence-electron chi connectivity index (χ0n) is 13.6. The van der Waals surface area contributed by atoms with E-state index in [9.17, 15) is 15.3 Å². The van der Waals surface area contributed by atoms with Gasteiger partial charge in [0.1, 0.15) is 11.5 Å². The van der Waals surface area contributed by atoms with Gasteiger partial charge in [0.2, 0.25) is 0 Å². The monoisotopic (exact) mass is 298 g/mol. The number of hydrogen-bond acceptors (Lipinski definition) is 3. The van der Waals surface area contributed by atoms with Crippen LogP contribution in [0.2, 0.25) is 0 Å². The largest absolute Gasteiger partial charge is 2.00 e. The van der Waals surface area contributed by atoms with Gasteiger partial charge in [0.25, 0.3) is 0 Å². The van der Waals surface area contributed by atoms with E-state index in [2.05, 4.69) is 11.6 Å². The van der Waals surface area contributed by atoms with E-state index in [1.54, 1.807) is 12.1 Å². The second kappa shape index (κ2) is 8.20. The molecule has 0 heterocycles. The van der Waals surface area contributed by atoms with Crippen LogP contribution in [0.4, 0.5) is 0 Å². The summed E-state index contributed by atoms with van der Waals surface area (Å²) in [5.74, 6) is 0.385. The maximum absolute atomic E-state index is 10.0. The van der Waals surface area contributed by atoms with Crippen LogP contribution in [0, 0.1) is 0 Å². The third kappa shape index (κ3) is 5.38. The molecule has 3 N–H and O–H groups in total. The van der Waals surface area contributed by atoms with E-state index in [0.717, 1.165) is 24.8 Å². The summed E-state index contributed by atoms with van der Waals surface area (Å²) in [6.07, 6.45) is 4.92. The van der Waals surface area contributed by atoms with Gasteiger partial charge >= 0.3 is 23.1 Å². The molecule has 1 aromatic carbocycles. The molecule has 1 aliphatic rings. The maximum Gasteiger partial charge on any atom is 2.00 e. The molecule has 1 aromatic rings. The van der Waals surface area contributed by atoms with Crippen molar-refractivity contribution >= 4 is 34.7 Å². The smallest absolute Gasteiger partial charge is 1.00 e. The summed E-state index contributed by atoms with van der Waals surface area (Å²) in [5, 5.41) is 29.0. The van der Waals surface area contributed by atoms with E-state index in [4.69, 9.17) is 0 Å². The number of alkyl halides is 1. The van der Waals surface area contributed by atoms with Crippen molar-refractivity contribution in [3.05, 3.63) is 23.8 Å². The molecule has 0 bridgehead atoms. The summed E-state index contributed by atoms with van der Waals surface area (Å²) in [6.45, 7) is 1.84. The second-order valence-corrected chi connectivity index (χ2v) is 5.03. The van der Waals surface area contributed by atoms with Gasteiger partial charge in [-0.25, -0.2) is 0 Å². The van der Waals surface area contributed by atoms with Gasteiger partial charge in [-0.3, -0.25) is 0 Å². The fourth-order valence-electron chi connectivity index (χ4n) is 2.61. The van der Waals surface area contributed by atoms with Crippen LogP contribution < -0.4 is 0 Å². The maximum atomic E-state index is 10.0. The van der Waals surface area contributed by atoms with Crippen molar-refractivity contribution in [2.24, 2.45) is 0 Å². The van der Waals surface area contributed by atoms with Gasteiger partial charge in [0, 0.05) is 12.4 Å². The van der Waals surface area contributed by atoms with Crippen molar-refractivity contribution in [3.8, 4) is 11.5 Å². The van der Waals surface area contributed by atoms with Gasteiger partial charge in [0.05, 0.1) is 5.60 Å². The molecular formula is C14H23ClMgO3. The van der Waals surface area contributed by atoms with E-state index >= 15 is 0 Å². The zero-order chi connectivity index (χ0) is 13.8. The third-order valence-electron chi connectivity index (χ3n) is 3.41. The van der Waals surface area contributed by atoms with Crippen LogP contribution in [-0.2, 0) is 0 Å². The number of benzene rings is 1. The first-order chi connectivity index (χ1) is 8.48. The predicted molar refractivity (Wildman–Crippen MR) is 81.4 cm³/mol. The van der Waals surface area contributed by atoms with Gasteiger partial charge in [-0.15, -0.1) is 11.6 Å². The number of rotatable bonds is 1. The molecule has 3 nitrogen and oxygen atoms in total. The standard InChI is InChI=1S/C13H18O3.CH3Cl.Mg.2H/c1-13(16)6-2-3-9(8-13)11-5-4-10(14)7-12(11)15;1-2;;;/h4-5,7,9,14-16H,2-3,6,8H2,1H3;1H3;;;/q;;+2;2*-1. The Balaban J connectivity index is -0.000000621. The molecule has 2 unspecified atom stereocenters. The number of phenolic OH excluding ortho intramolecular Hbond substituents is 2. The van der Waals surface area contributed by atoms with E-state index in [0.29, 0.717) is 6.42 Å². The zero-order valence-corrected chi connectivity index (χ0v) is 13.7. The molecule has 0 spiro atoms. The van der Waals surface area contributed by atoms with E-state index in [-0.39, 0.29) is 43.3 Å². The Labute approximate surface area is 138 Å². The topological polar surface area (TPSA) is 60.7 Å². The first kappa shape index (κ1) is 18.8. The number of aromatic hydroxyl groups is 2. The summed E-state index contributed by atoms with van der Waals surface area (Å²) in [4.78, 5) is 0. The molecule has 0 amide bonds. The number of halogens is 1. The van der Waals surface area contributed by atoms with Crippen molar-refractivity contribution < 1.29 is 18.2 Å². The van der Waals surface area contributed by atoms with Crippen LogP contribution in [0.15, 0.2) is 18.2 Å². The number of hydrogen-bond donors (Lipinski definition) is 3. The summed E-state index contributed by atoms with van der Waals surface area (Å²) in [7, 11) is 0. The SMILES string of the molecule is CC1(O)CCCC(c2ccc(O)cc2O)C1.CCl.[H-].[H-].[Mg+2]. The Morgan fingerprint density at radius 2 is 1.95 bits per heavy atom. The molecule has 0 aromatic heterocycles. The molecule has 0 saturated heterocycles. The van der Waals surface area contributed by atoms with Crippen molar-refractivity contribution in [1.29, 1.82) is 0 Å². The van der Waals surface area contributed by atoms with Gasteiger partial charge in [0.15, 0.2) is 0 Å². The van der Waals surface area contributed by atoms with Crippen molar-refractivity contribution in [2.45, 2.75) is 44.1 Å². The summed E-state index contributed by atoms with van der Waals surface area (Å²) < 4.78 is 0. The molecule has 19 heavy (non-hydrogen) atoms. The summed E-state index contributed by atoms with van der Waals surface area (Å²) >= 11 is 4.64. The molecular weight excluding hydrogens is 276 g/mol. The molecule has 1 saturated carbocycles. The van der Waals surface area contributed by atoms with Gasteiger partial charge < -0.3 is 18.2 Å². The minimum atomic E-state index is -0.632. The molecule has 0 radical (unpaired) electrons. The van der Waals surface area contributed by atoms with Crippen LogP contribution in [0.3, 0.4) is 0 Å². The fraction of sp³-hybridized carbons (Fsp3) is 0.571. The average Bonchev–Trinajstić information content (AvgIpc) is 2.30. The molecule has 1 aliphatic carbocycles. The normalized spacial score (nSPS) is 25.8. The van der Waals surface area contributed by atoms with Crippen LogP contribution in [-0.4, -0.2) is 50.4 Å². The Kier molecular flexibility index (Phi) is 8.13. The predicted octanol–water partition coefficient (Wildman–Crippen LogP) is 3.21. The first-order valence-electron chi connectivity index (χ1n) is 6.10. The van der Waals surface area contributed by atoms with Crippen molar-refractivity contribution in [1.82, 2.24) is 0 Å². The van der Waals surface area contributed by atoms with Crippen molar-refractivity contribution in [2.75, 3.05) is 6.38 Å². The number of aliphatic hydroxyl groups is 1. The Morgan fingerprint density at radius 1 is 1.32 bits per heavy atom. The molecule has 106 valence electrons. The average molecular weight is 299 g/mol. The van der Waals surface area contributed by atoms with E-state index in [1.165, 1.54) is 12.4 Å². The molecule has 2 atom stereocenters. The van der Waals surface area contributed by atoms with E-state index < -0.39 is 5.60 Å². The van der Waals surface area contributed by atoms with E-state index in [1.807, 2.05) is 6.92 Å². The van der Waals surface area contributed by atoms with Crippen LogP contribution in [0.25, 0.3) is 0 Å². The molecule has 5 heteroatoms. The first-order valence-corrected chi connectivity index (χ1v) is 6.86. The fourth-order valence-corrected chi connectivity index (χ4v) is 2.61. The number of phenols is 2. The summed E-state index contributed by atoms with van der Waals surface area (Å²) in [5.41, 5.74) is 0.200. The van der Waals surface area contributed by atoms with Gasteiger partial charge in [-0.1, -0.05) is 6.07 Å². The Hall–Kier alpha value is -0.164. The van der Waals surface area contributed by atoms with Crippen LogP contribution >= 0.6 is 11.6 Å². The summed E-state index contributed by atoms with van der Waals surface area (Å²) in [6, 6.07) is 4.69. The minimum absolute atomic E-state index is 0. The van der Waals surface area contributed by atoms with Crippen molar-refractivity contribution in [3.63, 3.8) is 0 Å². The second-order valence-electron chi connectivity index (χ2n) is 5.03. The van der Waals surface area contributed by atoms with Crippen LogP contribution in [0.5, 0.6) is 11.5 Å². The Morgan fingerprint density at radius 3 is 2.47 bits per heavy atom. The molecule has 0 aliphatic heterocycles. The molecule has 2 rings (SSSR count). The quantitative estimate of drug-likeness (QED) is 0.551. The van der Waals surface area contributed by atoms with Crippen LogP contribution in [0.1, 0.15) is 46.9 Å². The minimum Gasteiger partial charge on any atom is -1.00 e.